The molecule has 1 heterocycles. The predicted molar refractivity (Wildman–Crippen MR) is 56.3 cm³/mol. The Morgan fingerprint density at radius 2 is 1.86 bits per heavy atom. The van der Waals surface area contributed by atoms with Gasteiger partial charge >= 0.3 is 5.97 Å². The van der Waals surface area contributed by atoms with Gasteiger partial charge in [-0.25, -0.2) is 0 Å². The number of aliphatic carboxylic acids is 1. The minimum atomic E-state index is -0.652. The fourth-order valence-corrected chi connectivity index (χ4v) is 2.08. The van der Waals surface area contributed by atoms with Gasteiger partial charge in [0.2, 0.25) is 0 Å². The fraction of sp³-hybridized carbons (Fsp3) is 0.909. The summed E-state index contributed by atoms with van der Waals surface area (Å²) in [6, 6.07) is -0.254. The summed E-state index contributed by atoms with van der Waals surface area (Å²) in [7, 11) is 0. The van der Waals surface area contributed by atoms with Crippen molar-refractivity contribution < 1.29 is 9.90 Å². The van der Waals surface area contributed by atoms with Crippen molar-refractivity contribution in [3.63, 3.8) is 0 Å². The summed E-state index contributed by atoms with van der Waals surface area (Å²) < 4.78 is 0. The summed E-state index contributed by atoms with van der Waals surface area (Å²) in [4.78, 5) is 13.2. The maximum absolute atomic E-state index is 11.1. The van der Waals surface area contributed by atoms with Crippen LogP contribution in [0.15, 0.2) is 0 Å². The highest BCUT2D eigenvalue weighted by Crippen LogP contribution is 2.17. The first-order valence-corrected chi connectivity index (χ1v) is 5.58. The first kappa shape index (κ1) is 11.5. The number of rotatable bonds is 4. The van der Waals surface area contributed by atoms with Crippen LogP contribution < -0.4 is 0 Å². The van der Waals surface area contributed by atoms with E-state index in [1.54, 1.807) is 0 Å². The van der Waals surface area contributed by atoms with E-state index >= 15 is 0 Å². The van der Waals surface area contributed by atoms with Crippen LogP contribution in [0.2, 0.25) is 0 Å². The first-order chi connectivity index (χ1) is 6.61. The first-order valence-electron chi connectivity index (χ1n) is 5.58. The van der Waals surface area contributed by atoms with Crippen LogP contribution in [0.1, 0.15) is 39.5 Å². The molecule has 0 spiro atoms. The van der Waals surface area contributed by atoms with Gasteiger partial charge in [0.05, 0.1) is 0 Å². The molecule has 0 aromatic rings. The molecule has 1 atom stereocenters. The number of piperidine rings is 1. The second-order valence-electron chi connectivity index (χ2n) is 4.58. The van der Waals surface area contributed by atoms with E-state index in [9.17, 15) is 4.79 Å². The molecule has 82 valence electrons. The number of likely N-dealkylation sites (tertiary alicyclic amines) is 1. The van der Waals surface area contributed by atoms with Crippen molar-refractivity contribution in [2.24, 2.45) is 5.92 Å². The zero-order valence-corrected chi connectivity index (χ0v) is 9.20. The van der Waals surface area contributed by atoms with E-state index in [4.69, 9.17) is 5.11 Å². The number of carboxylic acids is 1. The lowest BCUT2D eigenvalue weighted by atomic mass is 10.00. The maximum atomic E-state index is 11.1. The minimum Gasteiger partial charge on any atom is -0.480 e. The Bertz CT molecular complexity index is 186. The van der Waals surface area contributed by atoms with Crippen LogP contribution >= 0.6 is 0 Å². The highest BCUT2D eigenvalue weighted by molar-refractivity contribution is 5.73. The molecule has 1 saturated heterocycles. The normalized spacial score (nSPS) is 21.1. The van der Waals surface area contributed by atoms with Gasteiger partial charge in [-0.15, -0.1) is 0 Å². The lowest BCUT2D eigenvalue weighted by Crippen LogP contribution is -2.44. The van der Waals surface area contributed by atoms with Gasteiger partial charge in [0.15, 0.2) is 0 Å². The number of carbonyl (C=O) groups is 1. The van der Waals surface area contributed by atoms with Gasteiger partial charge in [-0.2, -0.15) is 0 Å². The Balaban J connectivity index is 2.51. The zero-order chi connectivity index (χ0) is 10.6. The molecular formula is C11H21NO2. The molecule has 0 aliphatic carbocycles. The van der Waals surface area contributed by atoms with E-state index < -0.39 is 5.97 Å². The topological polar surface area (TPSA) is 40.5 Å². The Labute approximate surface area is 86.1 Å². The average molecular weight is 199 g/mol. The molecule has 0 aromatic carbocycles. The van der Waals surface area contributed by atoms with Crippen molar-refractivity contribution in [3.8, 4) is 0 Å². The fourth-order valence-electron chi connectivity index (χ4n) is 2.08. The van der Waals surface area contributed by atoms with E-state index in [1.807, 2.05) is 0 Å². The van der Waals surface area contributed by atoms with Crippen LogP contribution in [0.5, 0.6) is 0 Å². The summed E-state index contributed by atoms with van der Waals surface area (Å²) >= 11 is 0. The Kier molecular flexibility index (Phi) is 4.39. The Morgan fingerprint density at radius 3 is 2.29 bits per heavy atom. The van der Waals surface area contributed by atoms with Gasteiger partial charge in [-0.05, 0) is 38.3 Å². The average Bonchev–Trinajstić information content (AvgIpc) is 2.15. The monoisotopic (exact) mass is 199 g/mol. The van der Waals surface area contributed by atoms with Crippen LogP contribution in [0, 0.1) is 5.92 Å². The molecule has 3 nitrogen and oxygen atoms in total. The summed E-state index contributed by atoms with van der Waals surface area (Å²) in [6.07, 6.45) is 4.34. The molecule has 3 heteroatoms. The third-order valence-electron chi connectivity index (χ3n) is 2.81. The lowest BCUT2D eigenvalue weighted by molar-refractivity contribution is -0.144. The van der Waals surface area contributed by atoms with Crippen LogP contribution in [0.3, 0.4) is 0 Å². The van der Waals surface area contributed by atoms with Crippen molar-refractivity contribution in [2.45, 2.75) is 45.6 Å². The summed E-state index contributed by atoms with van der Waals surface area (Å²) in [5, 5.41) is 9.13. The molecule has 0 saturated carbocycles. The van der Waals surface area contributed by atoms with E-state index in [-0.39, 0.29) is 6.04 Å². The van der Waals surface area contributed by atoms with Gasteiger partial charge in [-0.1, -0.05) is 20.3 Å². The van der Waals surface area contributed by atoms with Crippen molar-refractivity contribution in [1.29, 1.82) is 0 Å². The van der Waals surface area contributed by atoms with E-state index in [1.165, 1.54) is 6.42 Å². The molecule has 1 N–H and O–H groups in total. The summed E-state index contributed by atoms with van der Waals surface area (Å²) in [5.74, 6) is -0.196. The second-order valence-corrected chi connectivity index (χ2v) is 4.58. The highest BCUT2D eigenvalue weighted by Gasteiger charge is 2.27. The molecule has 1 fully saturated rings. The van der Waals surface area contributed by atoms with Gasteiger partial charge < -0.3 is 5.11 Å². The van der Waals surface area contributed by atoms with Gasteiger partial charge in [-0.3, -0.25) is 9.69 Å². The molecule has 0 bridgehead atoms. The van der Waals surface area contributed by atoms with Crippen molar-refractivity contribution >= 4 is 5.97 Å². The second kappa shape index (κ2) is 5.35. The van der Waals surface area contributed by atoms with Crippen LogP contribution in [0.25, 0.3) is 0 Å². The highest BCUT2D eigenvalue weighted by atomic mass is 16.4. The number of hydrogen-bond acceptors (Lipinski definition) is 2. The molecule has 1 aliphatic heterocycles. The van der Waals surface area contributed by atoms with Crippen LogP contribution in [-0.4, -0.2) is 35.1 Å². The number of carboxylic acid groups (broad SMARTS) is 1. The Morgan fingerprint density at radius 1 is 1.29 bits per heavy atom. The third kappa shape index (κ3) is 3.29. The largest absolute Gasteiger partial charge is 0.480 e. The summed E-state index contributed by atoms with van der Waals surface area (Å²) in [5.41, 5.74) is 0. The Hall–Kier alpha value is -0.570. The molecule has 1 rings (SSSR count). The molecule has 14 heavy (non-hydrogen) atoms. The standard InChI is InChI=1S/C11H21NO2/c1-9(2)8-10(11(13)14)12-6-4-3-5-7-12/h9-10H,3-8H2,1-2H3,(H,13,14). The quantitative estimate of drug-likeness (QED) is 0.752. The van der Waals surface area contributed by atoms with Crippen LogP contribution in [0.4, 0.5) is 0 Å². The van der Waals surface area contributed by atoms with E-state index in [2.05, 4.69) is 18.7 Å². The maximum Gasteiger partial charge on any atom is 0.320 e. The molecule has 1 aliphatic rings. The lowest BCUT2D eigenvalue weighted by Gasteiger charge is -2.32. The van der Waals surface area contributed by atoms with E-state index in [0.29, 0.717) is 5.92 Å². The third-order valence-corrected chi connectivity index (χ3v) is 2.81. The minimum absolute atomic E-state index is 0.254. The number of hydrogen-bond donors (Lipinski definition) is 1. The van der Waals surface area contributed by atoms with Crippen molar-refractivity contribution in [1.82, 2.24) is 4.90 Å². The smallest absolute Gasteiger partial charge is 0.320 e. The molecule has 0 radical (unpaired) electrons. The van der Waals surface area contributed by atoms with E-state index in [0.717, 1.165) is 32.4 Å². The molecule has 0 aromatic heterocycles. The predicted octanol–water partition coefficient (Wildman–Crippen LogP) is 1.97. The van der Waals surface area contributed by atoms with Gasteiger partial charge in [0.25, 0.3) is 0 Å². The zero-order valence-electron chi connectivity index (χ0n) is 9.20. The van der Waals surface area contributed by atoms with Gasteiger partial charge in [0.1, 0.15) is 6.04 Å². The van der Waals surface area contributed by atoms with Crippen LogP contribution in [-0.2, 0) is 4.79 Å². The molecule has 1 unspecified atom stereocenters. The van der Waals surface area contributed by atoms with Crippen molar-refractivity contribution in [2.75, 3.05) is 13.1 Å². The number of nitrogens with zero attached hydrogens (tertiary/aromatic N) is 1. The van der Waals surface area contributed by atoms with Crippen molar-refractivity contribution in [3.05, 3.63) is 0 Å². The molecule has 0 amide bonds. The summed E-state index contributed by atoms with van der Waals surface area (Å²) in [6.45, 7) is 6.09. The van der Waals surface area contributed by atoms with Gasteiger partial charge in [0, 0.05) is 0 Å². The molecular weight excluding hydrogens is 178 g/mol. The SMILES string of the molecule is CC(C)CC(C(=O)O)N1CCCCC1.